The smallest absolute Gasteiger partial charge is 0.351 e. The predicted octanol–water partition coefficient (Wildman–Crippen LogP) is 6.22. The second kappa shape index (κ2) is 10.8. The summed E-state index contributed by atoms with van der Waals surface area (Å²) >= 11 is 0. The maximum atomic E-state index is 14.6. The van der Waals surface area contributed by atoms with Crippen LogP contribution in [0.4, 0.5) is 30.7 Å². The van der Waals surface area contributed by atoms with Gasteiger partial charge in [0.1, 0.15) is 6.67 Å². The third-order valence-corrected chi connectivity index (χ3v) is 8.23. The van der Waals surface area contributed by atoms with Gasteiger partial charge in [0.25, 0.3) is 0 Å². The molecule has 3 N–H and O–H groups in total. The molecule has 3 aromatic rings. The number of pyridine rings is 1. The fourth-order valence-electron chi connectivity index (χ4n) is 5.95. The van der Waals surface area contributed by atoms with Crippen molar-refractivity contribution in [1.29, 1.82) is 0 Å². The summed E-state index contributed by atoms with van der Waals surface area (Å²) in [4.78, 5) is 28.6. The molecule has 12 heteroatoms. The van der Waals surface area contributed by atoms with Gasteiger partial charge in [-0.3, -0.25) is 9.59 Å². The minimum Gasteiger partial charge on any atom is -0.351 e. The fourth-order valence-corrected chi connectivity index (χ4v) is 5.95. The normalized spacial score (nSPS) is 20.4. The van der Waals surface area contributed by atoms with E-state index in [0.29, 0.717) is 53.9 Å². The molecule has 1 saturated carbocycles. The lowest BCUT2D eigenvalue weighted by molar-refractivity contribution is -0.143. The van der Waals surface area contributed by atoms with Crippen LogP contribution in [-0.4, -0.2) is 24.0 Å². The second-order valence-electron chi connectivity index (χ2n) is 11.0. The van der Waals surface area contributed by atoms with Gasteiger partial charge in [-0.25, -0.2) is 4.39 Å². The first-order valence-electron chi connectivity index (χ1n) is 13.3. The Labute approximate surface area is 230 Å². The largest absolute Gasteiger partial charge is 0.416 e. The quantitative estimate of drug-likeness (QED) is 0.276. The summed E-state index contributed by atoms with van der Waals surface area (Å²) in [6.07, 6.45) is -7.27. The molecule has 1 amide bonds. The van der Waals surface area contributed by atoms with Crippen LogP contribution < -0.4 is 16.2 Å². The van der Waals surface area contributed by atoms with Crippen molar-refractivity contribution >= 4 is 16.8 Å². The van der Waals surface area contributed by atoms with Gasteiger partial charge in [0.15, 0.2) is 0 Å². The van der Waals surface area contributed by atoms with Gasteiger partial charge in [0.2, 0.25) is 11.5 Å². The van der Waals surface area contributed by atoms with Crippen molar-refractivity contribution in [3.05, 3.63) is 80.6 Å². The SMILES string of the molecule is O=C(NCc1cc(C(F)(F)F)cc(C(F)(F)F)c1)C1(C(CC2CC2)c2ccc3ccc(=O)[nH]c3c2CF)CCNC1. The third kappa shape index (κ3) is 5.98. The fraction of sp³-hybridized carbons (Fsp3) is 0.448. The van der Waals surface area contributed by atoms with Crippen molar-refractivity contribution in [3.8, 4) is 0 Å². The Hall–Kier alpha value is -3.41. The van der Waals surface area contributed by atoms with Crippen LogP contribution in [0.25, 0.3) is 10.9 Å². The number of benzene rings is 2. The number of halogens is 7. The molecular formula is C29H28F7N3O2. The van der Waals surface area contributed by atoms with Gasteiger partial charge in [0, 0.05) is 30.6 Å². The summed E-state index contributed by atoms with van der Waals surface area (Å²) in [5, 5.41) is 6.39. The molecule has 2 fully saturated rings. The Bertz CT molecular complexity index is 1470. The molecule has 1 aromatic heterocycles. The number of alkyl halides is 7. The van der Waals surface area contributed by atoms with Crippen LogP contribution in [0.3, 0.4) is 0 Å². The first-order chi connectivity index (χ1) is 19.3. The Morgan fingerprint density at radius 3 is 2.22 bits per heavy atom. The van der Waals surface area contributed by atoms with Crippen LogP contribution in [-0.2, 0) is 30.4 Å². The molecule has 2 heterocycles. The summed E-state index contributed by atoms with van der Waals surface area (Å²) in [5.74, 6) is -0.747. The van der Waals surface area contributed by atoms with Crippen LogP contribution >= 0.6 is 0 Å². The monoisotopic (exact) mass is 583 g/mol. The third-order valence-electron chi connectivity index (χ3n) is 8.23. The molecule has 0 radical (unpaired) electrons. The lowest BCUT2D eigenvalue weighted by Crippen LogP contribution is -2.46. The summed E-state index contributed by atoms with van der Waals surface area (Å²) < 4.78 is 94.7. The van der Waals surface area contributed by atoms with Crippen molar-refractivity contribution in [1.82, 2.24) is 15.6 Å². The molecule has 220 valence electrons. The summed E-state index contributed by atoms with van der Waals surface area (Å²) in [7, 11) is 0. The van der Waals surface area contributed by atoms with E-state index in [4.69, 9.17) is 0 Å². The number of carbonyl (C=O) groups is 1. The highest BCUT2D eigenvalue weighted by Crippen LogP contribution is 2.51. The number of fused-ring (bicyclic) bond motifs is 1. The van der Waals surface area contributed by atoms with E-state index in [1.807, 2.05) is 0 Å². The zero-order valence-electron chi connectivity index (χ0n) is 21.8. The van der Waals surface area contributed by atoms with Crippen LogP contribution in [0.5, 0.6) is 0 Å². The summed E-state index contributed by atoms with van der Waals surface area (Å²) in [6.45, 7) is -0.804. The van der Waals surface area contributed by atoms with Gasteiger partial charge < -0.3 is 15.6 Å². The molecule has 1 saturated heterocycles. The average Bonchev–Trinajstić information content (AvgIpc) is 3.61. The van der Waals surface area contributed by atoms with Gasteiger partial charge >= 0.3 is 12.4 Å². The van der Waals surface area contributed by atoms with Gasteiger partial charge in [0.05, 0.1) is 22.1 Å². The molecule has 5 rings (SSSR count). The summed E-state index contributed by atoms with van der Waals surface area (Å²) in [6, 6.07) is 7.64. The van der Waals surface area contributed by atoms with Gasteiger partial charge in [-0.05, 0) is 66.1 Å². The number of hydrogen-bond acceptors (Lipinski definition) is 3. The van der Waals surface area contributed by atoms with Crippen molar-refractivity contribution < 1.29 is 35.5 Å². The van der Waals surface area contributed by atoms with Crippen LogP contribution in [0.15, 0.2) is 47.3 Å². The average molecular weight is 584 g/mol. The Morgan fingerprint density at radius 2 is 1.66 bits per heavy atom. The van der Waals surface area contributed by atoms with Gasteiger partial charge in [-0.1, -0.05) is 25.0 Å². The Morgan fingerprint density at radius 1 is 1.00 bits per heavy atom. The minimum absolute atomic E-state index is 0.0436. The number of H-pyrrole nitrogens is 1. The van der Waals surface area contributed by atoms with E-state index in [0.717, 1.165) is 12.8 Å². The van der Waals surface area contributed by atoms with E-state index < -0.39 is 59.5 Å². The molecule has 1 aliphatic heterocycles. The van der Waals surface area contributed by atoms with Gasteiger partial charge in [-0.15, -0.1) is 0 Å². The first kappa shape index (κ1) is 29.1. The van der Waals surface area contributed by atoms with E-state index in [1.165, 1.54) is 6.07 Å². The molecule has 2 aromatic carbocycles. The highest BCUT2D eigenvalue weighted by atomic mass is 19.4. The van der Waals surface area contributed by atoms with Gasteiger partial charge in [-0.2, -0.15) is 26.3 Å². The maximum absolute atomic E-state index is 14.6. The van der Waals surface area contributed by atoms with Crippen molar-refractivity contribution in [2.45, 2.75) is 57.2 Å². The lowest BCUT2D eigenvalue weighted by atomic mass is 9.67. The van der Waals surface area contributed by atoms with E-state index in [2.05, 4.69) is 15.6 Å². The van der Waals surface area contributed by atoms with Crippen LogP contribution in [0, 0.1) is 11.3 Å². The van der Waals surface area contributed by atoms with E-state index in [1.54, 1.807) is 18.2 Å². The number of aromatic amines is 1. The molecular weight excluding hydrogens is 555 g/mol. The number of amides is 1. The highest BCUT2D eigenvalue weighted by molar-refractivity contribution is 5.86. The van der Waals surface area contributed by atoms with Crippen LogP contribution in [0.2, 0.25) is 0 Å². The predicted molar refractivity (Wildman–Crippen MR) is 138 cm³/mol. The molecule has 2 unspecified atom stereocenters. The molecule has 41 heavy (non-hydrogen) atoms. The maximum Gasteiger partial charge on any atom is 0.416 e. The van der Waals surface area contributed by atoms with E-state index in [-0.39, 0.29) is 23.7 Å². The topological polar surface area (TPSA) is 74.0 Å². The zero-order chi connectivity index (χ0) is 29.6. The molecule has 0 spiro atoms. The van der Waals surface area contributed by atoms with Crippen molar-refractivity contribution in [2.24, 2.45) is 11.3 Å². The molecule has 1 aliphatic carbocycles. The number of rotatable bonds is 8. The summed E-state index contributed by atoms with van der Waals surface area (Å²) in [5.41, 5.74) is -3.64. The van der Waals surface area contributed by atoms with E-state index >= 15 is 0 Å². The Balaban J connectivity index is 1.52. The molecule has 5 nitrogen and oxygen atoms in total. The number of nitrogens with one attached hydrogen (secondary N) is 3. The van der Waals surface area contributed by atoms with Crippen molar-refractivity contribution in [2.75, 3.05) is 13.1 Å². The zero-order valence-corrected chi connectivity index (χ0v) is 21.8. The lowest BCUT2D eigenvalue weighted by Gasteiger charge is -2.37. The first-order valence-corrected chi connectivity index (χ1v) is 13.3. The van der Waals surface area contributed by atoms with Crippen LogP contribution in [0.1, 0.15) is 59.4 Å². The number of hydrogen-bond donors (Lipinski definition) is 3. The molecule has 2 aliphatic rings. The number of carbonyl (C=O) groups excluding carboxylic acids is 1. The highest BCUT2D eigenvalue weighted by Gasteiger charge is 2.50. The molecule has 2 atom stereocenters. The minimum atomic E-state index is -5.01. The van der Waals surface area contributed by atoms with E-state index in [9.17, 15) is 40.3 Å². The van der Waals surface area contributed by atoms with Crippen molar-refractivity contribution in [3.63, 3.8) is 0 Å². The number of aromatic nitrogens is 1. The molecule has 0 bridgehead atoms. The standard InChI is InChI=1S/C29H28F7N3O2/c30-13-22-21(5-3-18-4-6-24(40)39-25(18)22)23(11-16-1-2-16)27(7-8-37-15-27)26(41)38-14-17-9-19(28(31,32)33)12-20(10-17)29(34,35)36/h3-6,9-10,12,16,23,37H,1-2,7-8,11,13-15H2,(H,38,41)(H,39,40). The second-order valence-corrected chi connectivity index (χ2v) is 11.0. The Kier molecular flexibility index (Phi) is 7.65.